The van der Waals surface area contributed by atoms with Gasteiger partial charge in [0.15, 0.2) is 17.3 Å². The third-order valence-electron chi connectivity index (χ3n) is 3.18. The Labute approximate surface area is 92.2 Å². The normalized spacial score (nSPS) is 20.1. The van der Waals surface area contributed by atoms with Crippen LogP contribution in [-0.4, -0.2) is 12.6 Å². The van der Waals surface area contributed by atoms with Crippen molar-refractivity contribution in [3.8, 4) is 11.5 Å². The summed E-state index contributed by atoms with van der Waals surface area (Å²) >= 11 is 0. The molecule has 2 aliphatic rings. The molecule has 1 aromatic carbocycles. The average molecular weight is 222 g/mol. The summed E-state index contributed by atoms with van der Waals surface area (Å²) in [6.07, 6.45) is 0.420. The fourth-order valence-corrected chi connectivity index (χ4v) is 2.32. The lowest BCUT2D eigenvalue weighted by Gasteiger charge is -2.13. The van der Waals surface area contributed by atoms with Crippen molar-refractivity contribution in [2.75, 3.05) is 6.79 Å². The Bertz CT molecular complexity index is 505. The van der Waals surface area contributed by atoms with Crippen LogP contribution < -0.4 is 9.47 Å². The van der Waals surface area contributed by atoms with Gasteiger partial charge in [-0.3, -0.25) is 4.79 Å². The first-order chi connectivity index (χ1) is 7.50. The van der Waals surface area contributed by atoms with Crippen molar-refractivity contribution in [1.82, 2.24) is 0 Å². The number of rotatable bonds is 0. The van der Waals surface area contributed by atoms with Gasteiger partial charge >= 0.3 is 0 Å². The summed E-state index contributed by atoms with van der Waals surface area (Å²) in [5.74, 6) is 0.302. The standard InChI is InChI=1S/C12H11FO3/c1-12(2)4-6-7(13)3-8-10(16-5-15-8)9(6)11(12)14/h3H,4-5H2,1-2H3. The van der Waals surface area contributed by atoms with Crippen molar-refractivity contribution in [2.45, 2.75) is 20.3 Å². The zero-order chi connectivity index (χ0) is 11.5. The first kappa shape index (κ1) is 9.63. The summed E-state index contributed by atoms with van der Waals surface area (Å²) in [7, 11) is 0. The van der Waals surface area contributed by atoms with E-state index in [1.165, 1.54) is 6.07 Å². The zero-order valence-corrected chi connectivity index (χ0v) is 9.09. The molecule has 0 unspecified atom stereocenters. The lowest BCUT2D eigenvalue weighted by Crippen LogP contribution is -2.19. The predicted octanol–water partition coefficient (Wildman–Crippen LogP) is 2.32. The maximum absolute atomic E-state index is 13.8. The van der Waals surface area contributed by atoms with E-state index in [0.717, 1.165) is 0 Å². The number of ether oxygens (including phenoxy) is 2. The number of benzene rings is 1. The Kier molecular flexibility index (Phi) is 1.66. The molecule has 1 aliphatic heterocycles. The van der Waals surface area contributed by atoms with Crippen LogP contribution >= 0.6 is 0 Å². The van der Waals surface area contributed by atoms with Crippen LogP contribution in [0.25, 0.3) is 0 Å². The Morgan fingerprint density at radius 3 is 2.88 bits per heavy atom. The highest BCUT2D eigenvalue weighted by atomic mass is 19.1. The molecule has 0 atom stereocenters. The van der Waals surface area contributed by atoms with Crippen LogP contribution in [0.4, 0.5) is 4.39 Å². The number of halogens is 1. The fourth-order valence-electron chi connectivity index (χ4n) is 2.32. The molecule has 1 heterocycles. The van der Waals surface area contributed by atoms with Gasteiger partial charge < -0.3 is 9.47 Å². The number of carbonyl (C=O) groups excluding carboxylic acids is 1. The molecule has 0 radical (unpaired) electrons. The number of fused-ring (bicyclic) bond motifs is 3. The summed E-state index contributed by atoms with van der Waals surface area (Å²) in [6.45, 7) is 3.69. The molecule has 4 heteroatoms. The number of carbonyl (C=O) groups is 1. The second-order valence-electron chi connectivity index (χ2n) is 4.84. The summed E-state index contributed by atoms with van der Waals surface area (Å²) in [4.78, 5) is 12.1. The van der Waals surface area contributed by atoms with Crippen LogP contribution in [0, 0.1) is 11.2 Å². The molecule has 0 aromatic heterocycles. The minimum Gasteiger partial charge on any atom is -0.453 e. The monoisotopic (exact) mass is 222 g/mol. The SMILES string of the molecule is CC1(C)Cc2c(F)cc3c(c2C1=O)OCO3. The maximum Gasteiger partial charge on any atom is 0.231 e. The Morgan fingerprint density at radius 2 is 2.12 bits per heavy atom. The van der Waals surface area contributed by atoms with Crippen molar-refractivity contribution in [3.63, 3.8) is 0 Å². The van der Waals surface area contributed by atoms with Gasteiger partial charge in [-0.05, 0) is 6.42 Å². The molecule has 0 saturated carbocycles. The second-order valence-corrected chi connectivity index (χ2v) is 4.84. The Balaban J connectivity index is 2.30. The smallest absolute Gasteiger partial charge is 0.231 e. The van der Waals surface area contributed by atoms with E-state index in [1.807, 2.05) is 13.8 Å². The molecule has 3 nitrogen and oxygen atoms in total. The van der Waals surface area contributed by atoms with Crippen LogP contribution in [0.3, 0.4) is 0 Å². The highest BCUT2D eigenvalue weighted by Gasteiger charge is 2.43. The first-order valence-corrected chi connectivity index (χ1v) is 5.16. The van der Waals surface area contributed by atoms with Crippen molar-refractivity contribution < 1.29 is 18.7 Å². The maximum atomic E-state index is 13.8. The van der Waals surface area contributed by atoms with E-state index in [1.54, 1.807) is 0 Å². The molecule has 16 heavy (non-hydrogen) atoms. The minimum absolute atomic E-state index is 0.0545. The van der Waals surface area contributed by atoms with Crippen molar-refractivity contribution in [3.05, 3.63) is 23.0 Å². The molecule has 0 fully saturated rings. The van der Waals surface area contributed by atoms with Gasteiger partial charge in [0, 0.05) is 17.0 Å². The minimum atomic E-state index is -0.551. The Morgan fingerprint density at radius 1 is 1.38 bits per heavy atom. The lowest BCUT2D eigenvalue weighted by molar-refractivity contribution is 0.0859. The Hall–Kier alpha value is -1.58. The molecule has 0 spiro atoms. The number of Topliss-reactive ketones (excluding diaryl/α,β-unsaturated/α-hetero) is 1. The number of hydrogen-bond acceptors (Lipinski definition) is 3. The van der Waals surface area contributed by atoms with E-state index in [4.69, 9.17) is 9.47 Å². The molecule has 0 bridgehead atoms. The molecule has 0 N–H and O–H groups in total. The topological polar surface area (TPSA) is 35.5 Å². The summed E-state index contributed by atoms with van der Waals surface area (Å²) in [6, 6.07) is 1.30. The van der Waals surface area contributed by atoms with Gasteiger partial charge in [-0.15, -0.1) is 0 Å². The third kappa shape index (κ3) is 1.04. The highest BCUT2D eigenvalue weighted by Crippen LogP contribution is 2.47. The van der Waals surface area contributed by atoms with Gasteiger partial charge in [0.25, 0.3) is 0 Å². The van der Waals surface area contributed by atoms with Gasteiger partial charge in [0.2, 0.25) is 6.79 Å². The molecular weight excluding hydrogens is 211 g/mol. The van der Waals surface area contributed by atoms with E-state index in [0.29, 0.717) is 29.0 Å². The highest BCUT2D eigenvalue weighted by molar-refractivity contribution is 6.07. The van der Waals surface area contributed by atoms with Crippen LogP contribution in [0.1, 0.15) is 29.8 Å². The largest absolute Gasteiger partial charge is 0.453 e. The van der Waals surface area contributed by atoms with Gasteiger partial charge in [-0.25, -0.2) is 4.39 Å². The van der Waals surface area contributed by atoms with E-state index < -0.39 is 5.41 Å². The second kappa shape index (κ2) is 2.75. The summed E-state index contributed by atoms with van der Waals surface area (Å²) in [5.41, 5.74) is 0.279. The van der Waals surface area contributed by atoms with Crippen molar-refractivity contribution in [1.29, 1.82) is 0 Å². The zero-order valence-electron chi connectivity index (χ0n) is 9.09. The van der Waals surface area contributed by atoms with Gasteiger partial charge in [-0.2, -0.15) is 0 Å². The fraction of sp³-hybridized carbons (Fsp3) is 0.417. The van der Waals surface area contributed by atoms with E-state index in [2.05, 4.69) is 0 Å². The van der Waals surface area contributed by atoms with Gasteiger partial charge in [0.05, 0.1) is 5.56 Å². The average Bonchev–Trinajstić information content (AvgIpc) is 2.72. The van der Waals surface area contributed by atoms with E-state index in [-0.39, 0.29) is 18.4 Å². The number of ketones is 1. The lowest BCUT2D eigenvalue weighted by atomic mass is 9.89. The van der Waals surface area contributed by atoms with Crippen LogP contribution in [0.2, 0.25) is 0 Å². The summed E-state index contributed by atoms with van der Waals surface area (Å²) < 4.78 is 24.1. The molecular formula is C12H11FO3. The molecule has 0 saturated heterocycles. The first-order valence-electron chi connectivity index (χ1n) is 5.16. The molecule has 1 aliphatic carbocycles. The van der Waals surface area contributed by atoms with Crippen LogP contribution in [0.5, 0.6) is 11.5 Å². The summed E-state index contributed by atoms with van der Waals surface area (Å²) in [5, 5.41) is 0. The predicted molar refractivity (Wildman–Crippen MR) is 54.3 cm³/mol. The number of hydrogen-bond donors (Lipinski definition) is 0. The molecule has 84 valence electrons. The molecule has 1 aromatic rings. The van der Waals surface area contributed by atoms with E-state index >= 15 is 0 Å². The molecule has 0 amide bonds. The van der Waals surface area contributed by atoms with Crippen LogP contribution in [0.15, 0.2) is 6.07 Å². The third-order valence-corrected chi connectivity index (χ3v) is 3.18. The van der Waals surface area contributed by atoms with E-state index in [9.17, 15) is 9.18 Å². The quantitative estimate of drug-likeness (QED) is 0.675. The van der Waals surface area contributed by atoms with Gasteiger partial charge in [-0.1, -0.05) is 13.8 Å². The van der Waals surface area contributed by atoms with Crippen LogP contribution in [-0.2, 0) is 6.42 Å². The van der Waals surface area contributed by atoms with Crippen molar-refractivity contribution in [2.24, 2.45) is 5.41 Å². The molecule has 3 rings (SSSR count). The van der Waals surface area contributed by atoms with Crippen molar-refractivity contribution >= 4 is 5.78 Å². The van der Waals surface area contributed by atoms with Gasteiger partial charge in [0.1, 0.15) is 5.82 Å².